The summed E-state index contributed by atoms with van der Waals surface area (Å²) in [7, 11) is 0. The monoisotopic (exact) mass is 324 g/mol. The molecule has 124 valence electrons. The van der Waals surface area contributed by atoms with E-state index >= 15 is 0 Å². The van der Waals surface area contributed by atoms with E-state index in [1.165, 1.54) is 5.56 Å². The fourth-order valence-corrected chi connectivity index (χ4v) is 1.89. The highest BCUT2D eigenvalue weighted by atomic mass is 16.3. The Hall–Kier alpha value is -3.28. The van der Waals surface area contributed by atoms with E-state index in [0.717, 1.165) is 22.5 Å². The van der Waals surface area contributed by atoms with Crippen LogP contribution in [0.2, 0.25) is 0 Å². The van der Waals surface area contributed by atoms with Gasteiger partial charge in [0.15, 0.2) is 0 Å². The topological polar surface area (TPSA) is 87.5 Å². The Balaban J connectivity index is 0.000000891. The Labute approximate surface area is 141 Å². The molecule has 0 saturated heterocycles. The smallest absolute Gasteiger partial charge is 0.290 e. The molecule has 0 atom stereocenters. The lowest BCUT2D eigenvalue weighted by molar-refractivity contribution is -0.122. The maximum Gasteiger partial charge on any atom is 0.290 e. The number of aliphatic imine (C=N–C) groups is 1. The van der Waals surface area contributed by atoms with Crippen molar-refractivity contribution in [1.82, 2.24) is 9.97 Å². The van der Waals surface area contributed by atoms with Gasteiger partial charge < -0.3 is 10.4 Å². The predicted octanol–water partition coefficient (Wildman–Crippen LogP) is 3.77. The second-order valence-electron chi connectivity index (χ2n) is 4.79. The van der Waals surface area contributed by atoms with E-state index in [2.05, 4.69) is 58.7 Å². The van der Waals surface area contributed by atoms with Gasteiger partial charge in [-0.05, 0) is 43.8 Å². The van der Waals surface area contributed by atoms with Gasteiger partial charge in [0, 0.05) is 23.7 Å². The van der Waals surface area contributed by atoms with E-state index in [4.69, 9.17) is 9.90 Å². The van der Waals surface area contributed by atoms with E-state index in [-0.39, 0.29) is 6.47 Å². The summed E-state index contributed by atoms with van der Waals surface area (Å²) < 4.78 is 0. The molecule has 6 heteroatoms. The first kappa shape index (κ1) is 18.8. The van der Waals surface area contributed by atoms with Gasteiger partial charge in [0.2, 0.25) is 5.95 Å². The van der Waals surface area contributed by atoms with Crippen LogP contribution in [0.3, 0.4) is 0 Å². The van der Waals surface area contributed by atoms with Gasteiger partial charge in [0.05, 0.1) is 5.69 Å². The number of nitrogens with zero attached hydrogens (tertiary/aromatic N) is 3. The number of carbonyl (C=O) groups is 1. The summed E-state index contributed by atoms with van der Waals surface area (Å²) in [6, 6.07) is 8.03. The van der Waals surface area contributed by atoms with Crippen LogP contribution in [0, 0.1) is 13.8 Å². The van der Waals surface area contributed by atoms with Crippen LogP contribution in [0.5, 0.6) is 0 Å². The molecule has 1 aromatic heterocycles. The summed E-state index contributed by atoms with van der Waals surface area (Å²) in [5, 5.41) is 10.1. The van der Waals surface area contributed by atoms with Crippen molar-refractivity contribution in [3.63, 3.8) is 0 Å². The highest BCUT2D eigenvalue weighted by Crippen LogP contribution is 2.21. The zero-order valence-corrected chi connectivity index (χ0v) is 13.7. The predicted molar refractivity (Wildman–Crippen MR) is 97.6 cm³/mol. The molecule has 2 rings (SSSR count). The van der Waals surface area contributed by atoms with Crippen LogP contribution >= 0.6 is 0 Å². The molecule has 0 aliphatic rings. The SMILES string of the molecule is C=C/C(=C\N=C)c1ccnc(Nc2cc(C)ccc2C)n1.O=CO. The zero-order chi connectivity index (χ0) is 17.9. The minimum atomic E-state index is -0.250. The Kier molecular flexibility index (Phi) is 7.57. The van der Waals surface area contributed by atoms with Gasteiger partial charge in [0.25, 0.3) is 6.47 Å². The number of hydrogen-bond acceptors (Lipinski definition) is 5. The number of aryl methyl sites for hydroxylation is 2. The first-order valence-electron chi connectivity index (χ1n) is 7.09. The molecule has 0 bridgehead atoms. The van der Waals surface area contributed by atoms with Crippen molar-refractivity contribution < 1.29 is 9.90 Å². The Morgan fingerprint density at radius 1 is 1.33 bits per heavy atom. The molecule has 0 amide bonds. The number of nitrogens with one attached hydrogen (secondary N) is 1. The van der Waals surface area contributed by atoms with E-state index in [1.807, 2.05) is 13.0 Å². The van der Waals surface area contributed by atoms with Crippen LogP contribution in [-0.2, 0) is 4.79 Å². The van der Waals surface area contributed by atoms with Gasteiger partial charge in [-0.3, -0.25) is 9.79 Å². The molecule has 2 N–H and O–H groups in total. The molecule has 0 fully saturated rings. The zero-order valence-electron chi connectivity index (χ0n) is 13.7. The molecule has 0 unspecified atom stereocenters. The van der Waals surface area contributed by atoms with E-state index in [0.29, 0.717) is 5.95 Å². The Bertz CT molecular complexity index is 754. The standard InChI is InChI=1S/C17H18N4.CH2O2/c1-5-14(11-18-4)15-8-9-19-17(20-15)21-16-10-12(2)6-7-13(16)3;2-1-3/h5-11H,1,4H2,2-3H3,(H,19,20,21);1H,(H,2,3)/b14-11+;. The van der Waals surface area contributed by atoms with E-state index in [1.54, 1.807) is 18.5 Å². The number of aromatic nitrogens is 2. The fourth-order valence-electron chi connectivity index (χ4n) is 1.89. The Morgan fingerprint density at radius 2 is 2.04 bits per heavy atom. The second kappa shape index (κ2) is 9.68. The van der Waals surface area contributed by atoms with Crippen LogP contribution < -0.4 is 5.32 Å². The maximum atomic E-state index is 8.36. The lowest BCUT2D eigenvalue weighted by Crippen LogP contribution is -2.00. The number of rotatable bonds is 5. The fraction of sp³-hybridized carbons (Fsp3) is 0.111. The molecule has 0 spiro atoms. The summed E-state index contributed by atoms with van der Waals surface area (Å²) in [6.07, 6.45) is 5.02. The summed E-state index contributed by atoms with van der Waals surface area (Å²) in [5.41, 5.74) is 4.87. The number of allylic oxidation sites excluding steroid dienone is 2. The van der Waals surface area contributed by atoms with Crippen molar-refractivity contribution in [2.45, 2.75) is 13.8 Å². The first-order chi connectivity index (χ1) is 11.5. The van der Waals surface area contributed by atoms with Crippen molar-refractivity contribution in [2.75, 3.05) is 5.32 Å². The van der Waals surface area contributed by atoms with Gasteiger partial charge in [-0.25, -0.2) is 9.97 Å². The highest BCUT2D eigenvalue weighted by molar-refractivity contribution is 5.72. The lowest BCUT2D eigenvalue weighted by Gasteiger charge is -2.10. The molecule has 1 aromatic carbocycles. The molecule has 6 nitrogen and oxygen atoms in total. The van der Waals surface area contributed by atoms with Gasteiger partial charge >= 0.3 is 0 Å². The van der Waals surface area contributed by atoms with Gasteiger partial charge in [0.1, 0.15) is 0 Å². The van der Waals surface area contributed by atoms with Crippen LogP contribution in [0.25, 0.3) is 5.57 Å². The largest absolute Gasteiger partial charge is 0.483 e. The average molecular weight is 324 g/mol. The quantitative estimate of drug-likeness (QED) is 0.496. The first-order valence-corrected chi connectivity index (χ1v) is 7.09. The second-order valence-corrected chi connectivity index (χ2v) is 4.79. The number of anilines is 2. The van der Waals surface area contributed by atoms with Gasteiger partial charge in [-0.2, -0.15) is 0 Å². The average Bonchev–Trinajstić information content (AvgIpc) is 2.57. The summed E-state index contributed by atoms with van der Waals surface area (Å²) in [4.78, 5) is 20.9. The van der Waals surface area contributed by atoms with E-state index in [9.17, 15) is 0 Å². The molecular formula is C18H20N4O2. The summed E-state index contributed by atoms with van der Waals surface area (Å²) >= 11 is 0. The molecule has 0 aliphatic heterocycles. The molecule has 0 saturated carbocycles. The van der Waals surface area contributed by atoms with Crippen molar-refractivity contribution in [3.05, 3.63) is 66.1 Å². The molecule has 0 aliphatic carbocycles. The third kappa shape index (κ3) is 5.49. The summed E-state index contributed by atoms with van der Waals surface area (Å²) in [5.74, 6) is 0.540. The number of hydrogen-bond donors (Lipinski definition) is 2. The molecule has 1 heterocycles. The van der Waals surface area contributed by atoms with Crippen molar-refractivity contribution in [3.8, 4) is 0 Å². The van der Waals surface area contributed by atoms with Gasteiger partial charge in [-0.15, -0.1) is 0 Å². The summed E-state index contributed by atoms with van der Waals surface area (Å²) in [6.45, 7) is 11.1. The minimum Gasteiger partial charge on any atom is -0.483 e. The minimum absolute atomic E-state index is 0.250. The van der Waals surface area contributed by atoms with Crippen LogP contribution in [0.1, 0.15) is 16.8 Å². The van der Waals surface area contributed by atoms with Crippen LogP contribution in [-0.4, -0.2) is 28.3 Å². The molecular weight excluding hydrogens is 304 g/mol. The van der Waals surface area contributed by atoms with Crippen molar-refractivity contribution >= 4 is 30.4 Å². The number of benzene rings is 1. The molecule has 24 heavy (non-hydrogen) atoms. The van der Waals surface area contributed by atoms with Gasteiger partial charge in [-0.1, -0.05) is 24.8 Å². The normalized spacial score (nSPS) is 10.2. The van der Waals surface area contributed by atoms with Crippen LogP contribution in [0.4, 0.5) is 11.6 Å². The number of carboxylic acid groups (broad SMARTS) is 1. The van der Waals surface area contributed by atoms with Crippen LogP contribution in [0.15, 0.2) is 54.3 Å². The molecule has 0 radical (unpaired) electrons. The maximum absolute atomic E-state index is 8.36. The Morgan fingerprint density at radius 3 is 2.67 bits per heavy atom. The highest BCUT2D eigenvalue weighted by Gasteiger charge is 2.05. The lowest BCUT2D eigenvalue weighted by atomic mass is 10.1. The third-order valence-corrected chi connectivity index (χ3v) is 3.04. The van der Waals surface area contributed by atoms with E-state index < -0.39 is 0 Å². The molecule has 2 aromatic rings. The third-order valence-electron chi connectivity index (χ3n) is 3.04. The van der Waals surface area contributed by atoms with Crippen molar-refractivity contribution in [2.24, 2.45) is 4.99 Å². The van der Waals surface area contributed by atoms with Crippen molar-refractivity contribution in [1.29, 1.82) is 0 Å².